The molecule has 0 saturated carbocycles. The molecule has 1 radical (unpaired) electrons. The monoisotopic (exact) mass is 309 g/mol. The summed E-state index contributed by atoms with van der Waals surface area (Å²) in [6.07, 6.45) is 3.18. The Balaban J connectivity index is 1.93. The third-order valence-electron chi connectivity index (χ3n) is 4.41. The third kappa shape index (κ3) is 2.83. The topological polar surface area (TPSA) is 25.5 Å². The van der Waals surface area contributed by atoms with E-state index >= 15 is 0 Å². The molecule has 1 aliphatic heterocycles. The maximum absolute atomic E-state index is 3.38. The number of rotatable bonds is 4. The number of hydrogen-bond acceptors (Lipinski definition) is 3. The van der Waals surface area contributed by atoms with E-state index in [1.165, 1.54) is 17.9 Å². The maximum Gasteiger partial charge on any atom is 0.323 e. The first-order valence-electron chi connectivity index (χ1n) is 8.08. The van der Waals surface area contributed by atoms with E-state index in [1.807, 2.05) is 6.20 Å². The summed E-state index contributed by atoms with van der Waals surface area (Å²) < 4.78 is 7.66. The molecule has 1 saturated heterocycles. The predicted octanol–water partition coefficient (Wildman–Crippen LogP) is 2.56. The average Bonchev–Trinajstić information content (AvgIpc) is 3.07. The zero-order valence-corrected chi connectivity index (χ0v) is 14.8. The number of nitrogens with zero attached hydrogens (tertiary/aromatic N) is 3. The highest BCUT2D eigenvalue weighted by molar-refractivity contribution is 6.92. The van der Waals surface area contributed by atoms with Crippen LogP contribution in [-0.2, 0) is 0 Å². The van der Waals surface area contributed by atoms with Crippen LogP contribution in [0.5, 0.6) is 0 Å². The van der Waals surface area contributed by atoms with Gasteiger partial charge in [-0.05, 0) is 37.2 Å². The van der Waals surface area contributed by atoms with Gasteiger partial charge in [0.25, 0.3) is 9.84 Å². The zero-order chi connectivity index (χ0) is 15.5. The molecule has 113 valence electrons. The van der Waals surface area contributed by atoms with Gasteiger partial charge < -0.3 is 18.7 Å². The van der Waals surface area contributed by atoms with E-state index in [0.29, 0.717) is 14.0 Å². The van der Waals surface area contributed by atoms with Crippen LogP contribution in [0.15, 0.2) is 48.7 Å². The fourth-order valence-corrected chi connectivity index (χ4v) is 4.81. The first-order chi connectivity index (χ1) is 10.7. The summed E-state index contributed by atoms with van der Waals surface area (Å²) in [6, 6.07) is 15.0. The SMILES string of the molecule is CCCN1B(C)N(c2ccccc2)[SiH]N(c2ccc[nH]2)B1C. The van der Waals surface area contributed by atoms with Crippen LogP contribution in [0, 0.1) is 0 Å². The highest BCUT2D eigenvalue weighted by Gasteiger charge is 2.41. The Morgan fingerprint density at radius 2 is 1.73 bits per heavy atom. The minimum absolute atomic E-state index is 0.00994. The third-order valence-corrected chi connectivity index (χ3v) is 6.35. The Morgan fingerprint density at radius 3 is 2.36 bits per heavy atom. The van der Waals surface area contributed by atoms with E-state index in [0.717, 1.165) is 6.54 Å². The second-order valence-corrected chi connectivity index (χ2v) is 7.17. The number of benzene rings is 1. The summed E-state index contributed by atoms with van der Waals surface area (Å²) in [5, 5.41) is 0. The van der Waals surface area contributed by atoms with Gasteiger partial charge in [0.15, 0.2) is 0 Å². The minimum Gasteiger partial charge on any atom is -0.416 e. The van der Waals surface area contributed by atoms with Gasteiger partial charge in [0.1, 0.15) is 0 Å². The minimum atomic E-state index is 0.00994. The van der Waals surface area contributed by atoms with Crippen LogP contribution in [0.2, 0.25) is 13.6 Å². The summed E-state index contributed by atoms with van der Waals surface area (Å²) in [4.78, 5) is 3.38. The molecule has 1 aliphatic rings. The van der Waals surface area contributed by atoms with E-state index in [4.69, 9.17) is 0 Å². The van der Waals surface area contributed by atoms with Crippen LogP contribution < -0.4 is 8.95 Å². The van der Waals surface area contributed by atoms with Crippen molar-refractivity contribution in [3.63, 3.8) is 0 Å². The standard InChI is InChI=1S/C15H23B2N4Si/c1-4-13-19-16(2)20(14-9-6-5-7-10-14)22-21(17(19)3)15-11-8-12-18-15/h5-12,18,22H,4,13H2,1-3H3. The van der Waals surface area contributed by atoms with Crippen LogP contribution in [0.3, 0.4) is 0 Å². The lowest BCUT2D eigenvalue weighted by molar-refractivity contribution is 0.619. The van der Waals surface area contributed by atoms with Crippen molar-refractivity contribution < 1.29 is 0 Å². The number of aromatic amines is 1. The summed E-state index contributed by atoms with van der Waals surface area (Å²) in [5.41, 5.74) is 1.31. The molecule has 4 nitrogen and oxygen atoms in total. The Hall–Kier alpha value is -1.59. The molecule has 2 heterocycles. The molecule has 1 aromatic carbocycles. The van der Waals surface area contributed by atoms with E-state index in [-0.39, 0.29) is 9.84 Å². The molecule has 2 aromatic rings. The lowest BCUT2D eigenvalue weighted by Gasteiger charge is -2.49. The van der Waals surface area contributed by atoms with Gasteiger partial charge in [-0.3, -0.25) is 0 Å². The number of hydrogen-bond donors (Lipinski definition) is 1. The lowest BCUT2D eigenvalue weighted by atomic mass is 9.61. The molecule has 1 aromatic heterocycles. The van der Waals surface area contributed by atoms with E-state index in [1.54, 1.807) is 0 Å². The molecule has 0 unspecified atom stereocenters. The van der Waals surface area contributed by atoms with Gasteiger partial charge in [0.2, 0.25) is 0 Å². The summed E-state index contributed by atoms with van der Waals surface area (Å²) in [5.74, 6) is 1.22. The molecule has 0 atom stereocenters. The van der Waals surface area contributed by atoms with Crippen molar-refractivity contribution >= 4 is 35.3 Å². The first kappa shape index (κ1) is 15.3. The number of para-hydroxylation sites is 1. The van der Waals surface area contributed by atoms with E-state index in [9.17, 15) is 0 Å². The van der Waals surface area contributed by atoms with Crippen LogP contribution in [0.1, 0.15) is 13.3 Å². The van der Waals surface area contributed by atoms with Crippen molar-refractivity contribution in [2.75, 3.05) is 15.5 Å². The van der Waals surface area contributed by atoms with Crippen molar-refractivity contribution in [1.29, 1.82) is 0 Å². The number of anilines is 2. The van der Waals surface area contributed by atoms with Gasteiger partial charge in [-0.2, -0.15) is 0 Å². The maximum atomic E-state index is 3.38. The molecular weight excluding hydrogens is 286 g/mol. The summed E-state index contributed by atoms with van der Waals surface area (Å²) in [7, 11) is 0.00994. The van der Waals surface area contributed by atoms with Gasteiger partial charge >= 0.3 is 14.0 Å². The molecule has 0 bridgehead atoms. The smallest absolute Gasteiger partial charge is 0.323 e. The summed E-state index contributed by atoms with van der Waals surface area (Å²) in [6.45, 7) is 8.87. The summed E-state index contributed by atoms with van der Waals surface area (Å²) >= 11 is 0. The van der Waals surface area contributed by atoms with Gasteiger partial charge in [0.05, 0.1) is 5.82 Å². The fourth-order valence-electron chi connectivity index (χ4n) is 3.22. The Bertz CT molecular complexity index is 580. The molecule has 1 fully saturated rings. The normalized spacial score (nSPS) is 16.5. The van der Waals surface area contributed by atoms with Crippen LogP contribution in [0.4, 0.5) is 11.5 Å². The van der Waals surface area contributed by atoms with E-state index < -0.39 is 0 Å². The zero-order valence-electron chi connectivity index (χ0n) is 13.6. The van der Waals surface area contributed by atoms with Crippen molar-refractivity contribution in [2.24, 2.45) is 0 Å². The van der Waals surface area contributed by atoms with Crippen molar-refractivity contribution in [1.82, 2.24) is 9.71 Å². The van der Waals surface area contributed by atoms with Gasteiger partial charge in [0, 0.05) is 11.9 Å². The molecule has 3 rings (SSSR count). The molecule has 0 amide bonds. The fraction of sp³-hybridized carbons (Fsp3) is 0.333. The molecule has 7 heteroatoms. The van der Waals surface area contributed by atoms with Crippen LogP contribution in [0.25, 0.3) is 0 Å². The lowest BCUT2D eigenvalue weighted by Crippen LogP contribution is -2.72. The van der Waals surface area contributed by atoms with Crippen molar-refractivity contribution in [3.05, 3.63) is 48.7 Å². The van der Waals surface area contributed by atoms with Crippen LogP contribution in [-0.4, -0.2) is 40.1 Å². The van der Waals surface area contributed by atoms with Gasteiger partial charge in [-0.15, -0.1) is 0 Å². The van der Waals surface area contributed by atoms with Gasteiger partial charge in [-0.1, -0.05) is 38.8 Å². The molecule has 22 heavy (non-hydrogen) atoms. The quantitative estimate of drug-likeness (QED) is 0.879. The molecule has 1 N–H and O–H groups in total. The molecule has 0 spiro atoms. The number of H-pyrrole nitrogens is 1. The molecular formula is C15H23B2N4Si. The first-order valence-corrected chi connectivity index (χ1v) is 9.11. The Morgan fingerprint density at radius 1 is 1.00 bits per heavy atom. The average molecular weight is 309 g/mol. The van der Waals surface area contributed by atoms with Crippen LogP contribution >= 0.6 is 0 Å². The highest BCUT2D eigenvalue weighted by Crippen LogP contribution is 2.25. The largest absolute Gasteiger partial charge is 0.416 e. The number of nitrogens with one attached hydrogen (secondary N) is 1. The number of aromatic nitrogens is 1. The molecule has 0 aliphatic carbocycles. The highest BCUT2D eigenvalue weighted by atomic mass is 28.2. The second kappa shape index (κ2) is 6.67. The van der Waals surface area contributed by atoms with Crippen molar-refractivity contribution in [2.45, 2.75) is 27.0 Å². The van der Waals surface area contributed by atoms with Crippen molar-refractivity contribution in [3.8, 4) is 0 Å². The second-order valence-electron chi connectivity index (χ2n) is 5.82. The van der Waals surface area contributed by atoms with Gasteiger partial charge in [-0.25, -0.2) is 0 Å². The Kier molecular flexibility index (Phi) is 4.64. The van der Waals surface area contributed by atoms with E-state index in [2.05, 4.69) is 81.7 Å². The Labute approximate surface area is 136 Å². The predicted molar refractivity (Wildman–Crippen MR) is 99.6 cm³/mol.